The Bertz CT molecular complexity index is 514. The Kier molecular flexibility index (Phi) is 5.29. The molecule has 6 heteroatoms. The van der Waals surface area contributed by atoms with Crippen LogP contribution in [0.5, 0.6) is 0 Å². The number of carbonyl (C=O) groups is 2. The summed E-state index contributed by atoms with van der Waals surface area (Å²) >= 11 is 0. The summed E-state index contributed by atoms with van der Waals surface area (Å²) < 4.78 is 12.9. The van der Waals surface area contributed by atoms with Crippen molar-refractivity contribution in [1.29, 1.82) is 0 Å². The van der Waals surface area contributed by atoms with Gasteiger partial charge in [0.25, 0.3) is 0 Å². The lowest BCUT2D eigenvalue weighted by molar-refractivity contribution is -0.147. The van der Waals surface area contributed by atoms with Gasteiger partial charge in [-0.3, -0.25) is 0 Å². The third-order valence-corrected chi connectivity index (χ3v) is 3.47. The summed E-state index contributed by atoms with van der Waals surface area (Å²) in [5, 5.41) is 11.9. The van der Waals surface area contributed by atoms with Crippen LogP contribution in [0.15, 0.2) is 24.3 Å². The lowest BCUT2D eigenvalue weighted by Crippen LogP contribution is -2.56. The monoisotopic (exact) mass is 296 g/mol. The molecule has 0 spiro atoms. The molecule has 1 rings (SSSR count). The molecule has 5 nitrogen and oxygen atoms in total. The minimum Gasteiger partial charge on any atom is -0.480 e. The van der Waals surface area contributed by atoms with Crippen LogP contribution in [0.1, 0.15) is 39.3 Å². The number of rotatable bonds is 5. The summed E-state index contributed by atoms with van der Waals surface area (Å²) in [7, 11) is 0. The van der Waals surface area contributed by atoms with E-state index in [0.717, 1.165) is 5.56 Å². The molecular weight excluding hydrogens is 275 g/mol. The molecule has 2 amide bonds. The molecule has 0 radical (unpaired) electrons. The molecule has 1 atom stereocenters. The number of hydrogen-bond acceptors (Lipinski definition) is 2. The van der Waals surface area contributed by atoms with Gasteiger partial charge >= 0.3 is 12.0 Å². The third-order valence-electron chi connectivity index (χ3n) is 3.47. The highest BCUT2D eigenvalue weighted by molar-refractivity contribution is 5.85. The molecule has 0 saturated carbocycles. The number of carbonyl (C=O) groups excluding carboxylic acids is 1. The minimum absolute atomic E-state index is 0.265. The van der Waals surface area contributed by atoms with Gasteiger partial charge in [-0.15, -0.1) is 0 Å². The summed E-state index contributed by atoms with van der Waals surface area (Å²) in [6.45, 7) is 6.68. The number of carboxylic acids is 1. The van der Waals surface area contributed by atoms with Gasteiger partial charge in [-0.25, -0.2) is 14.0 Å². The van der Waals surface area contributed by atoms with Crippen LogP contribution < -0.4 is 5.32 Å². The van der Waals surface area contributed by atoms with Crippen LogP contribution in [0.2, 0.25) is 0 Å². The van der Waals surface area contributed by atoms with Gasteiger partial charge in [-0.05, 0) is 45.4 Å². The normalized spacial score (nSPS) is 12.6. The van der Waals surface area contributed by atoms with Gasteiger partial charge in [0.05, 0.1) is 6.04 Å². The molecule has 116 valence electrons. The van der Waals surface area contributed by atoms with E-state index >= 15 is 0 Å². The number of nitrogens with zero attached hydrogens (tertiary/aromatic N) is 1. The van der Waals surface area contributed by atoms with Gasteiger partial charge in [0, 0.05) is 6.54 Å². The van der Waals surface area contributed by atoms with Crippen molar-refractivity contribution in [1.82, 2.24) is 10.2 Å². The molecule has 0 aliphatic carbocycles. The predicted molar refractivity (Wildman–Crippen MR) is 77.4 cm³/mol. The fraction of sp³-hybridized carbons (Fsp3) is 0.467. The first kappa shape index (κ1) is 16.9. The Balaban J connectivity index is 2.83. The molecule has 1 aromatic carbocycles. The third kappa shape index (κ3) is 3.93. The largest absolute Gasteiger partial charge is 0.480 e. The Morgan fingerprint density at radius 2 is 1.86 bits per heavy atom. The quantitative estimate of drug-likeness (QED) is 0.877. The highest BCUT2D eigenvalue weighted by Crippen LogP contribution is 2.18. The average Bonchev–Trinajstić information content (AvgIpc) is 2.39. The van der Waals surface area contributed by atoms with Crippen molar-refractivity contribution >= 4 is 12.0 Å². The van der Waals surface area contributed by atoms with Gasteiger partial charge < -0.3 is 15.3 Å². The standard InChI is InChI=1S/C15H21FN2O3/c1-5-18(15(3,4)13(19)20)14(21)17-10(2)11-6-8-12(16)9-7-11/h6-10H,5H2,1-4H3,(H,17,21)(H,19,20). The number of amides is 2. The van der Waals surface area contributed by atoms with E-state index in [-0.39, 0.29) is 18.4 Å². The van der Waals surface area contributed by atoms with Crippen molar-refractivity contribution < 1.29 is 19.1 Å². The Labute approximate surface area is 123 Å². The number of nitrogens with one attached hydrogen (secondary N) is 1. The summed E-state index contributed by atoms with van der Waals surface area (Å²) in [4.78, 5) is 24.8. The van der Waals surface area contributed by atoms with E-state index < -0.39 is 17.5 Å². The van der Waals surface area contributed by atoms with Crippen molar-refractivity contribution in [2.24, 2.45) is 0 Å². The number of aliphatic carboxylic acids is 1. The van der Waals surface area contributed by atoms with Crippen LogP contribution in [0.3, 0.4) is 0 Å². The number of urea groups is 1. The fourth-order valence-electron chi connectivity index (χ4n) is 2.01. The van der Waals surface area contributed by atoms with Gasteiger partial charge in [-0.2, -0.15) is 0 Å². The molecule has 0 aliphatic heterocycles. The molecule has 1 aromatic rings. The van der Waals surface area contributed by atoms with Crippen molar-refractivity contribution in [3.05, 3.63) is 35.6 Å². The van der Waals surface area contributed by atoms with Gasteiger partial charge in [-0.1, -0.05) is 12.1 Å². The zero-order valence-electron chi connectivity index (χ0n) is 12.7. The predicted octanol–water partition coefficient (Wildman–Crippen LogP) is 2.78. The first-order valence-electron chi connectivity index (χ1n) is 6.77. The highest BCUT2D eigenvalue weighted by Gasteiger charge is 2.37. The molecule has 0 aliphatic rings. The fourth-order valence-corrected chi connectivity index (χ4v) is 2.01. The molecule has 0 fully saturated rings. The zero-order valence-corrected chi connectivity index (χ0v) is 12.7. The molecule has 2 N–H and O–H groups in total. The second-order valence-corrected chi connectivity index (χ2v) is 5.33. The number of hydrogen-bond donors (Lipinski definition) is 2. The first-order valence-corrected chi connectivity index (χ1v) is 6.77. The minimum atomic E-state index is -1.30. The lowest BCUT2D eigenvalue weighted by Gasteiger charge is -2.35. The van der Waals surface area contributed by atoms with Crippen molar-refractivity contribution in [2.45, 2.75) is 39.3 Å². The molecule has 21 heavy (non-hydrogen) atoms. The zero-order chi connectivity index (χ0) is 16.2. The topological polar surface area (TPSA) is 69.6 Å². The molecule has 0 heterocycles. The van der Waals surface area contributed by atoms with E-state index in [9.17, 15) is 19.1 Å². The van der Waals surface area contributed by atoms with E-state index in [4.69, 9.17) is 0 Å². The summed E-state index contributed by atoms with van der Waals surface area (Å²) in [6, 6.07) is 4.98. The van der Waals surface area contributed by atoms with Crippen LogP contribution in [-0.2, 0) is 4.79 Å². The van der Waals surface area contributed by atoms with Crippen LogP contribution in [0.25, 0.3) is 0 Å². The molecule has 0 bridgehead atoms. The van der Waals surface area contributed by atoms with E-state index in [1.54, 1.807) is 26.0 Å². The van der Waals surface area contributed by atoms with E-state index in [2.05, 4.69) is 5.32 Å². The lowest BCUT2D eigenvalue weighted by atomic mass is 10.0. The van der Waals surface area contributed by atoms with Gasteiger partial charge in [0.2, 0.25) is 0 Å². The molecule has 0 saturated heterocycles. The first-order chi connectivity index (χ1) is 9.70. The van der Waals surface area contributed by atoms with E-state index in [1.807, 2.05) is 0 Å². The number of likely N-dealkylation sites (N-methyl/N-ethyl adjacent to an activating group) is 1. The van der Waals surface area contributed by atoms with Crippen LogP contribution in [-0.4, -0.2) is 34.1 Å². The second kappa shape index (κ2) is 6.56. The summed E-state index contributed by atoms with van der Waals surface area (Å²) in [5.74, 6) is -1.42. The summed E-state index contributed by atoms with van der Waals surface area (Å²) in [5.41, 5.74) is -0.560. The molecule has 1 unspecified atom stereocenters. The number of carboxylic acid groups (broad SMARTS) is 1. The van der Waals surface area contributed by atoms with E-state index in [1.165, 1.54) is 30.9 Å². The number of benzene rings is 1. The summed E-state index contributed by atoms with van der Waals surface area (Å²) in [6.07, 6.45) is 0. The van der Waals surface area contributed by atoms with Crippen molar-refractivity contribution in [2.75, 3.05) is 6.54 Å². The maximum Gasteiger partial charge on any atom is 0.329 e. The second-order valence-electron chi connectivity index (χ2n) is 5.33. The average molecular weight is 296 g/mol. The van der Waals surface area contributed by atoms with Crippen molar-refractivity contribution in [3.8, 4) is 0 Å². The van der Waals surface area contributed by atoms with Crippen LogP contribution >= 0.6 is 0 Å². The SMILES string of the molecule is CCN(C(=O)NC(C)c1ccc(F)cc1)C(C)(C)C(=O)O. The van der Waals surface area contributed by atoms with Gasteiger partial charge in [0.1, 0.15) is 11.4 Å². The van der Waals surface area contributed by atoms with Gasteiger partial charge in [0.15, 0.2) is 0 Å². The maximum absolute atomic E-state index is 12.9. The Hall–Kier alpha value is -2.11. The smallest absolute Gasteiger partial charge is 0.329 e. The Morgan fingerprint density at radius 3 is 2.29 bits per heavy atom. The number of halogens is 1. The van der Waals surface area contributed by atoms with Crippen molar-refractivity contribution in [3.63, 3.8) is 0 Å². The van der Waals surface area contributed by atoms with Crippen LogP contribution in [0.4, 0.5) is 9.18 Å². The molecular formula is C15H21FN2O3. The molecule has 0 aromatic heterocycles. The van der Waals surface area contributed by atoms with E-state index in [0.29, 0.717) is 0 Å². The van der Waals surface area contributed by atoms with Crippen LogP contribution in [0, 0.1) is 5.82 Å². The highest BCUT2D eigenvalue weighted by atomic mass is 19.1. The maximum atomic E-state index is 12.9. The Morgan fingerprint density at radius 1 is 1.33 bits per heavy atom.